The van der Waals surface area contributed by atoms with Crippen LogP contribution < -0.4 is 11.1 Å². The number of nitrogens with zero attached hydrogens (tertiary/aromatic N) is 2. The number of hydrogen-bond donors (Lipinski definition) is 2. The number of fused-ring (bicyclic) bond motifs is 1. The summed E-state index contributed by atoms with van der Waals surface area (Å²) >= 11 is 0. The Kier molecular flexibility index (Phi) is 6.00. The Hall–Kier alpha value is -3.25. The first-order valence-corrected chi connectivity index (χ1v) is 10.7. The average molecular weight is 417 g/mol. The van der Waals surface area contributed by atoms with Gasteiger partial charge in [0.05, 0.1) is 22.7 Å². The van der Waals surface area contributed by atoms with E-state index in [4.69, 9.17) is 5.73 Å². The number of amides is 2. The van der Waals surface area contributed by atoms with Gasteiger partial charge in [0.25, 0.3) is 5.91 Å². The summed E-state index contributed by atoms with van der Waals surface area (Å²) < 4.78 is 0. The minimum Gasteiger partial charge on any atom is -0.369 e. The van der Waals surface area contributed by atoms with E-state index in [2.05, 4.69) is 15.2 Å². The lowest BCUT2D eigenvalue weighted by molar-refractivity contribution is -0.123. The summed E-state index contributed by atoms with van der Waals surface area (Å²) in [4.78, 5) is 31.6. The van der Waals surface area contributed by atoms with Crippen molar-refractivity contribution in [1.29, 1.82) is 0 Å². The van der Waals surface area contributed by atoms with Gasteiger partial charge in [-0.05, 0) is 62.6 Å². The quantitative estimate of drug-likeness (QED) is 0.662. The van der Waals surface area contributed by atoms with Crippen molar-refractivity contribution in [3.63, 3.8) is 0 Å². The molecular formula is C25H28N4O2. The minimum atomic E-state index is -0.235. The number of carbonyl (C=O) groups excluding carboxylic acids is 2. The summed E-state index contributed by atoms with van der Waals surface area (Å²) in [6, 6.07) is 15.7. The number of anilines is 1. The highest BCUT2D eigenvalue weighted by Gasteiger charge is 2.24. The molecule has 0 saturated carbocycles. The fourth-order valence-electron chi connectivity index (χ4n) is 4.25. The number of aromatic nitrogens is 1. The fourth-order valence-corrected chi connectivity index (χ4v) is 4.25. The molecule has 6 nitrogen and oxygen atoms in total. The highest BCUT2D eigenvalue weighted by Crippen LogP contribution is 2.24. The van der Waals surface area contributed by atoms with E-state index < -0.39 is 0 Å². The third-order valence-corrected chi connectivity index (χ3v) is 5.98. The molecule has 1 aliphatic heterocycles. The topological polar surface area (TPSA) is 88.3 Å². The van der Waals surface area contributed by atoms with E-state index in [0.29, 0.717) is 24.3 Å². The second-order valence-corrected chi connectivity index (χ2v) is 8.41. The van der Waals surface area contributed by atoms with Gasteiger partial charge in [0, 0.05) is 24.2 Å². The molecular weight excluding hydrogens is 388 g/mol. The van der Waals surface area contributed by atoms with Crippen LogP contribution >= 0.6 is 0 Å². The van der Waals surface area contributed by atoms with E-state index >= 15 is 0 Å². The van der Waals surface area contributed by atoms with Gasteiger partial charge in [-0.2, -0.15) is 0 Å². The molecule has 2 heterocycles. The maximum atomic E-state index is 13.1. The predicted molar refractivity (Wildman–Crippen MR) is 123 cm³/mol. The minimum absolute atomic E-state index is 0.106. The monoisotopic (exact) mass is 416 g/mol. The number of nitrogens with two attached hydrogens (primary N) is 1. The van der Waals surface area contributed by atoms with Crippen molar-refractivity contribution >= 4 is 28.4 Å². The molecule has 2 amide bonds. The Labute approximate surface area is 182 Å². The number of likely N-dealkylation sites (tertiary alicyclic amines) is 1. The smallest absolute Gasteiger partial charge is 0.257 e. The van der Waals surface area contributed by atoms with E-state index in [9.17, 15) is 9.59 Å². The van der Waals surface area contributed by atoms with E-state index in [0.717, 1.165) is 47.1 Å². The number of nitrogens with one attached hydrogen (secondary N) is 1. The number of rotatable bonds is 5. The van der Waals surface area contributed by atoms with Crippen LogP contribution in [0.3, 0.4) is 0 Å². The Balaban J connectivity index is 1.54. The Morgan fingerprint density at radius 2 is 1.97 bits per heavy atom. The second-order valence-electron chi connectivity index (χ2n) is 8.41. The molecule has 3 aromatic rings. The lowest BCUT2D eigenvalue weighted by Crippen LogP contribution is -2.40. The summed E-state index contributed by atoms with van der Waals surface area (Å²) in [5.74, 6) is -0.514. The van der Waals surface area contributed by atoms with Gasteiger partial charge in [-0.25, -0.2) is 0 Å². The molecule has 0 radical (unpaired) electrons. The van der Waals surface area contributed by atoms with Crippen molar-refractivity contribution in [2.24, 2.45) is 11.7 Å². The molecule has 0 aliphatic carbocycles. The number of piperidine rings is 1. The zero-order valence-corrected chi connectivity index (χ0v) is 18.0. The molecule has 1 saturated heterocycles. The van der Waals surface area contributed by atoms with Gasteiger partial charge >= 0.3 is 0 Å². The number of pyridine rings is 1. The summed E-state index contributed by atoms with van der Waals surface area (Å²) in [5.41, 5.74) is 10.6. The van der Waals surface area contributed by atoms with Gasteiger partial charge < -0.3 is 11.1 Å². The normalized spacial score (nSPS) is 16.9. The van der Waals surface area contributed by atoms with Gasteiger partial charge in [0.2, 0.25) is 5.91 Å². The van der Waals surface area contributed by atoms with Gasteiger partial charge in [-0.3, -0.25) is 19.5 Å². The average Bonchev–Trinajstić information content (AvgIpc) is 2.74. The van der Waals surface area contributed by atoms with E-state index in [1.807, 2.05) is 62.4 Å². The van der Waals surface area contributed by atoms with Crippen LogP contribution in [0.25, 0.3) is 10.9 Å². The van der Waals surface area contributed by atoms with Crippen molar-refractivity contribution in [3.05, 3.63) is 70.9 Å². The van der Waals surface area contributed by atoms with Crippen LogP contribution in [0, 0.1) is 19.8 Å². The summed E-state index contributed by atoms with van der Waals surface area (Å²) in [6.45, 7) is 6.13. The summed E-state index contributed by atoms with van der Waals surface area (Å²) in [7, 11) is 0. The highest BCUT2D eigenvalue weighted by molar-refractivity contribution is 6.07. The predicted octanol–water partition coefficient (Wildman–Crippen LogP) is 3.80. The number of primary amides is 1. The van der Waals surface area contributed by atoms with Crippen molar-refractivity contribution < 1.29 is 9.59 Å². The first-order chi connectivity index (χ1) is 14.9. The molecule has 1 fully saturated rings. The van der Waals surface area contributed by atoms with Crippen LogP contribution in [-0.4, -0.2) is 34.8 Å². The van der Waals surface area contributed by atoms with Gasteiger partial charge in [-0.1, -0.05) is 30.3 Å². The molecule has 31 heavy (non-hydrogen) atoms. The third kappa shape index (κ3) is 4.75. The number of para-hydroxylation sites is 1. The molecule has 6 heteroatoms. The number of aryl methyl sites for hydroxylation is 2. The van der Waals surface area contributed by atoms with Crippen molar-refractivity contribution in [1.82, 2.24) is 9.88 Å². The van der Waals surface area contributed by atoms with E-state index in [1.165, 1.54) is 0 Å². The fraction of sp³-hybridized carbons (Fsp3) is 0.320. The van der Waals surface area contributed by atoms with Crippen LogP contribution in [-0.2, 0) is 11.3 Å². The largest absolute Gasteiger partial charge is 0.369 e. The molecule has 1 aromatic heterocycles. The molecule has 0 spiro atoms. The van der Waals surface area contributed by atoms with E-state index in [-0.39, 0.29) is 17.7 Å². The zero-order valence-electron chi connectivity index (χ0n) is 18.0. The number of benzene rings is 2. The lowest BCUT2D eigenvalue weighted by atomic mass is 9.97. The second kappa shape index (κ2) is 8.86. The molecule has 160 valence electrons. The standard InChI is InChI=1S/C25H28N4O2/c1-16-9-10-18-13-21(17(2)27-23(18)12-16)25(31)28-22-8-4-3-6-19(22)14-29-11-5-7-20(15-29)24(26)30/h3-4,6,8-10,12-13,20H,5,7,11,14-15H2,1-2H3,(H2,26,30)(H,28,31)/t20-/m1/s1. The summed E-state index contributed by atoms with van der Waals surface area (Å²) in [5, 5.41) is 4.01. The van der Waals surface area contributed by atoms with Crippen LogP contribution in [0.2, 0.25) is 0 Å². The zero-order chi connectivity index (χ0) is 22.0. The third-order valence-electron chi connectivity index (χ3n) is 5.98. The van der Waals surface area contributed by atoms with Gasteiger partial charge in [-0.15, -0.1) is 0 Å². The summed E-state index contributed by atoms with van der Waals surface area (Å²) in [6.07, 6.45) is 1.79. The number of hydrogen-bond acceptors (Lipinski definition) is 4. The van der Waals surface area contributed by atoms with Crippen molar-refractivity contribution in [2.75, 3.05) is 18.4 Å². The van der Waals surface area contributed by atoms with Gasteiger partial charge in [0.15, 0.2) is 0 Å². The van der Waals surface area contributed by atoms with Crippen LogP contribution in [0.15, 0.2) is 48.5 Å². The number of carbonyl (C=O) groups is 2. The van der Waals surface area contributed by atoms with Crippen LogP contribution in [0.4, 0.5) is 5.69 Å². The molecule has 2 aromatic carbocycles. The maximum absolute atomic E-state index is 13.1. The maximum Gasteiger partial charge on any atom is 0.257 e. The molecule has 1 atom stereocenters. The Morgan fingerprint density at radius 1 is 1.16 bits per heavy atom. The molecule has 1 aliphatic rings. The van der Waals surface area contributed by atoms with Crippen molar-refractivity contribution in [3.8, 4) is 0 Å². The SMILES string of the molecule is Cc1ccc2cc(C(=O)Nc3ccccc3CN3CCC[C@@H](C(N)=O)C3)c(C)nc2c1. The lowest BCUT2D eigenvalue weighted by Gasteiger charge is -2.31. The molecule has 0 bridgehead atoms. The first-order valence-electron chi connectivity index (χ1n) is 10.7. The first kappa shape index (κ1) is 21.0. The van der Waals surface area contributed by atoms with Crippen LogP contribution in [0.5, 0.6) is 0 Å². The van der Waals surface area contributed by atoms with E-state index in [1.54, 1.807) is 0 Å². The molecule has 3 N–H and O–H groups in total. The molecule has 4 rings (SSSR count). The van der Waals surface area contributed by atoms with Crippen LogP contribution in [0.1, 0.15) is 40.0 Å². The highest BCUT2D eigenvalue weighted by atomic mass is 16.2. The van der Waals surface area contributed by atoms with Gasteiger partial charge in [0.1, 0.15) is 0 Å². The van der Waals surface area contributed by atoms with Crippen molar-refractivity contribution in [2.45, 2.75) is 33.2 Å². The molecule has 0 unspecified atom stereocenters. The Morgan fingerprint density at radius 3 is 2.77 bits per heavy atom. The Bertz CT molecular complexity index is 1140.